The molecule has 1 aromatic heterocycles. The molecule has 16 heavy (non-hydrogen) atoms. The fourth-order valence-electron chi connectivity index (χ4n) is 2.43. The van der Waals surface area contributed by atoms with E-state index < -0.39 is 0 Å². The second kappa shape index (κ2) is 4.55. The summed E-state index contributed by atoms with van der Waals surface area (Å²) in [5.41, 5.74) is 6.77. The van der Waals surface area contributed by atoms with Gasteiger partial charge in [0.1, 0.15) is 0 Å². The Kier molecular flexibility index (Phi) is 3.30. The standard InChI is InChI=1S/C12H21N3O/c1-12(2)4-3-5-15(9-12)8-11-6-10(7-13)14-16-11/h6H,3-5,7-9,13H2,1-2H3. The number of hydrogen-bond donors (Lipinski definition) is 1. The van der Waals surface area contributed by atoms with Gasteiger partial charge in [0.25, 0.3) is 0 Å². The number of hydrogen-bond acceptors (Lipinski definition) is 4. The van der Waals surface area contributed by atoms with Gasteiger partial charge in [-0.15, -0.1) is 0 Å². The lowest BCUT2D eigenvalue weighted by molar-refractivity contribution is 0.102. The fraction of sp³-hybridized carbons (Fsp3) is 0.750. The molecule has 2 heterocycles. The molecule has 0 radical (unpaired) electrons. The summed E-state index contributed by atoms with van der Waals surface area (Å²) in [5, 5.41) is 3.91. The summed E-state index contributed by atoms with van der Waals surface area (Å²) in [6.45, 7) is 8.24. The predicted molar refractivity (Wildman–Crippen MR) is 62.7 cm³/mol. The van der Waals surface area contributed by atoms with Crippen LogP contribution in [-0.2, 0) is 13.1 Å². The van der Waals surface area contributed by atoms with E-state index in [1.54, 1.807) is 0 Å². The Balaban J connectivity index is 1.94. The first-order valence-electron chi connectivity index (χ1n) is 5.96. The molecule has 0 spiro atoms. The second-order valence-electron chi connectivity index (χ2n) is 5.47. The highest BCUT2D eigenvalue weighted by molar-refractivity contribution is 5.05. The molecule has 1 aliphatic heterocycles. The van der Waals surface area contributed by atoms with Gasteiger partial charge in [-0.25, -0.2) is 0 Å². The third-order valence-corrected chi connectivity index (χ3v) is 3.18. The smallest absolute Gasteiger partial charge is 0.151 e. The van der Waals surface area contributed by atoms with Crippen molar-refractivity contribution in [1.29, 1.82) is 0 Å². The van der Waals surface area contributed by atoms with Crippen LogP contribution in [0, 0.1) is 5.41 Å². The average Bonchev–Trinajstić information content (AvgIpc) is 2.64. The monoisotopic (exact) mass is 223 g/mol. The molecule has 0 aliphatic carbocycles. The molecule has 4 heteroatoms. The highest BCUT2D eigenvalue weighted by Crippen LogP contribution is 2.29. The molecule has 0 atom stereocenters. The van der Waals surface area contributed by atoms with E-state index in [1.165, 1.54) is 12.8 Å². The van der Waals surface area contributed by atoms with E-state index in [0.717, 1.165) is 31.1 Å². The van der Waals surface area contributed by atoms with Crippen molar-refractivity contribution in [2.24, 2.45) is 11.1 Å². The first-order chi connectivity index (χ1) is 7.59. The fourth-order valence-corrected chi connectivity index (χ4v) is 2.43. The van der Waals surface area contributed by atoms with Gasteiger partial charge < -0.3 is 10.3 Å². The zero-order chi connectivity index (χ0) is 11.6. The Hall–Kier alpha value is -0.870. The van der Waals surface area contributed by atoms with E-state index in [4.69, 9.17) is 10.3 Å². The Labute approximate surface area is 96.8 Å². The maximum Gasteiger partial charge on any atom is 0.151 e. The lowest BCUT2D eigenvalue weighted by Gasteiger charge is -2.37. The number of rotatable bonds is 3. The molecule has 0 bridgehead atoms. The molecule has 2 rings (SSSR count). The Morgan fingerprint density at radius 1 is 1.56 bits per heavy atom. The zero-order valence-electron chi connectivity index (χ0n) is 10.2. The molecule has 1 aromatic rings. The SMILES string of the molecule is CC1(C)CCCN(Cc2cc(CN)no2)C1. The lowest BCUT2D eigenvalue weighted by atomic mass is 9.84. The molecule has 2 N–H and O–H groups in total. The van der Waals surface area contributed by atoms with Crippen LogP contribution in [-0.4, -0.2) is 23.1 Å². The molecule has 1 fully saturated rings. The number of piperidine rings is 1. The van der Waals surface area contributed by atoms with Crippen molar-refractivity contribution in [3.8, 4) is 0 Å². The van der Waals surface area contributed by atoms with Crippen molar-refractivity contribution in [1.82, 2.24) is 10.1 Å². The van der Waals surface area contributed by atoms with E-state index in [1.807, 2.05) is 6.07 Å². The highest BCUT2D eigenvalue weighted by Gasteiger charge is 2.26. The van der Waals surface area contributed by atoms with Gasteiger partial charge in [-0.3, -0.25) is 4.90 Å². The van der Waals surface area contributed by atoms with E-state index >= 15 is 0 Å². The van der Waals surface area contributed by atoms with Crippen LogP contribution >= 0.6 is 0 Å². The molecule has 90 valence electrons. The average molecular weight is 223 g/mol. The van der Waals surface area contributed by atoms with E-state index in [-0.39, 0.29) is 0 Å². The molecular weight excluding hydrogens is 202 g/mol. The van der Waals surface area contributed by atoms with Crippen molar-refractivity contribution < 1.29 is 4.52 Å². The van der Waals surface area contributed by atoms with Gasteiger partial charge in [-0.1, -0.05) is 19.0 Å². The number of nitrogens with two attached hydrogens (primary N) is 1. The molecule has 0 unspecified atom stereocenters. The summed E-state index contributed by atoms with van der Waals surface area (Å²) in [6, 6.07) is 1.96. The van der Waals surface area contributed by atoms with Crippen molar-refractivity contribution in [2.45, 2.75) is 39.8 Å². The quantitative estimate of drug-likeness (QED) is 0.848. The van der Waals surface area contributed by atoms with Gasteiger partial charge in [0.15, 0.2) is 5.76 Å². The van der Waals surface area contributed by atoms with Crippen LogP contribution in [0.5, 0.6) is 0 Å². The minimum Gasteiger partial charge on any atom is -0.360 e. The topological polar surface area (TPSA) is 55.3 Å². The maximum atomic E-state index is 5.50. The normalized spacial score (nSPS) is 21.2. The third kappa shape index (κ3) is 2.83. The second-order valence-corrected chi connectivity index (χ2v) is 5.47. The Bertz CT molecular complexity index is 346. The number of aromatic nitrogens is 1. The first kappa shape index (κ1) is 11.6. The predicted octanol–water partition coefficient (Wildman–Crippen LogP) is 1.76. The van der Waals surface area contributed by atoms with Gasteiger partial charge in [0.2, 0.25) is 0 Å². The Morgan fingerprint density at radius 3 is 3.00 bits per heavy atom. The third-order valence-electron chi connectivity index (χ3n) is 3.18. The minimum absolute atomic E-state index is 0.426. The Morgan fingerprint density at radius 2 is 2.38 bits per heavy atom. The van der Waals surface area contributed by atoms with Crippen LogP contribution in [0.15, 0.2) is 10.6 Å². The van der Waals surface area contributed by atoms with Gasteiger partial charge >= 0.3 is 0 Å². The molecular formula is C12H21N3O. The molecule has 0 amide bonds. The van der Waals surface area contributed by atoms with E-state index in [2.05, 4.69) is 23.9 Å². The summed E-state index contributed by atoms with van der Waals surface area (Å²) < 4.78 is 5.25. The summed E-state index contributed by atoms with van der Waals surface area (Å²) in [5.74, 6) is 0.929. The van der Waals surface area contributed by atoms with E-state index in [9.17, 15) is 0 Å². The highest BCUT2D eigenvalue weighted by atomic mass is 16.5. The molecule has 4 nitrogen and oxygen atoms in total. The van der Waals surface area contributed by atoms with Gasteiger partial charge in [0, 0.05) is 19.2 Å². The van der Waals surface area contributed by atoms with Crippen LogP contribution in [0.3, 0.4) is 0 Å². The molecule has 0 saturated carbocycles. The van der Waals surface area contributed by atoms with Crippen molar-refractivity contribution in [3.05, 3.63) is 17.5 Å². The number of likely N-dealkylation sites (tertiary alicyclic amines) is 1. The molecule has 1 aliphatic rings. The first-order valence-corrected chi connectivity index (χ1v) is 5.96. The zero-order valence-corrected chi connectivity index (χ0v) is 10.2. The van der Waals surface area contributed by atoms with Gasteiger partial charge in [-0.05, 0) is 24.8 Å². The summed E-state index contributed by atoms with van der Waals surface area (Å²) in [7, 11) is 0. The van der Waals surface area contributed by atoms with Crippen LogP contribution in [0.4, 0.5) is 0 Å². The summed E-state index contributed by atoms with van der Waals surface area (Å²) in [6.07, 6.45) is 2.58. The van der Waals surface area contributed by atoms with E-state index in [0.29, 0.717) is 12.0 Å². The van der Waals surface area contributed by atoms with Gasteiger partial charge in [-0.2, -0.15) is 0 Å². The van der Waals surface area contributed by atoms with Crippen LogP contribution in [0.2, 0.25) is 0 Å². The number of nitrogens with zero attached hydrogens (tertiary/aromatic N) is 2. The maximum absolute atomic E-state index is 5.50. The van der Waals surface area contributed by atoms with Crippen LogP contribution in [0.1, 0.15) is 38.1 Å². The van der Waals surface area contributed by atoms with Crippen molar-refractivity contribution in [2.75, 3.05) is 13.1 Å². The van der Waals surface area contributed by atoms with Crippen LogP contribution < -0.4 is 5.73 Å². The summed E-state index contributed by atoms with van der Waals surface area (Å²) in [4.78, 5) is 2.43. The summed E-state index contributed by atoms with van der Waals surface area (Å²) >= 11 is 0. The largest absolute Gasteiger partial charge is 0.360 e. The minimum atomic E-state index is 0.426. The molecule has 0 aromatic carbocycles. The molecule has 1 saturated heterocycles. The lowest BCUT2D eigenvalue weighted by Crippen LogP contribution is -2.39. The van der Waals surface area contributed by atoms with Crippen LogP contribution in [0.25, 0.3) is 0 Å². The van der Waals surface area contributed by atoms with Gasteiger partial charge in [0.05, 0.1) is 12.2 Å². The van der Waals surface area contributed by atoms with Crippen molar-refractivity contribution in [3.63, 3.8) is 0 Å². The van der Waals surface area contributed by atoms with Crippen molar-refractivity contribution >= 4 is 0 Å².